The Kier molecular flexibility index (Phi) is 3.90. The Morgan fingerprint density at radius 1 is 1.53 bits per heavy atom. The van der Waals surface area contributed by atoms with E-state index in [2.05, 4.69) is 26.3 Å². The van der Waals surface area contributed by atoms with E-state index in [-0.39, 0.29) is 5.56 Å². The molecule has 0 saturated carbocycles. The van der Waals surface area contributed by atoms with E-state index in [1.807, 2.05) is 20.2 Å². The van der Waals surface area contributed by atoms with Gasteiger partial charge < -0.3 is 10.4 Å². The molecule has 0 aliphatic heterocycles. The lowest BCUT2D eigenvalue weighted by Gasteiger charge is -2.09. The molecule has 1 heterocycles. The van der Waals surface area contributed by atoms with Gasteiger partial charge in [-0.3, -0.25) is 4.68 Å². The summed E-state index contributed by atoms with van der Waals surface area (Å²) in [4.78, 5) is 11.1. The highest BCUT2D eigenvalue weighted by atomic mass is 79.9. The summed E-state index contributed by atoms with van der Waals surface area (Å²) in [5.74, 6) is -0.946. The monoisotopic (exact) mass is 323 g/mol. The predicted octanol–water partition coefficient (Wildman–Crippen LogP) is 2.80. The number of carboxylic acids is 1. The average Bonchev–Trinajstić information content (AvgIpc) is 2.65. The van der Waals surface area contributed by atoms with Crippen molar-refractivity contribution in [2.75, 3.05) is 5.32 Å². The molecule has 19 heavy (non-hydrogen) atoms. The lowest BCUT2D eigenvalue weighted by atomic mass is 10.1. The minimum Gasteiger partial charge on any atom is -0.478 e. The van der Waals surface area contributed by atoms with Gasteiger partial charge in [0.1, 0.15) is 0 Å². The molecule has 0 aliphatic carbocycles. The molecular weight excluding hydrogens is 310 g/mol. The largest absolute Gasteiger partial charge is 0.478 e. The Morgan fingerprint density at radius 2 is 2.26 bits per heavy atom. The van der Waals surface area contributed by atoms with E-state index in [0.29, 0.717) is 12.2 Å². The maximum atomic E-state index is 11.1. The van der Waals surface area contributed by atoms with Crippen molar-refractivity contribution in [3.8, 4) is 0 Å². The SMILES string of the molecule is Cc1nn(C)cc1CNc1cc(Br)ccc1C(=O)O. The van der Waals surface area contributed by atoms with Crippen LogP contribution in [0.5, 0.6) is 0 Å². The van der Waals surface area contributed by atoms with Crippen LogP contribution >= 0.6 is 15.9 Å². The predicted molar refractivity (Wildman–Crippen MR) is 76.4 cm³/mol. The summed E-state index contributed by atoms with van der Waals surface area (Å²) in [5.41, 5.74) is 2.82. The first-order valence-electron chi connectivity index (χ1n) is 5.73. The highest BCUT2D eigenvalue weighted by Gasteiger charge is 2.11. The smallest absolute Gasteiger partial charge is 0.337 e. The van der Waals surface area contributed by atoms with E-state index in [0.717, 1.165) is 15.7 Å². The fourth-order valence-corrected chi connectivity index (χ4v) is 2.22. The molecular formula is C13H14BrN3O2. The van der Waals surface area contributed by atoms with Gasteiger partial charge in [-0.15, -0.1) is 0 Å². The summed E-state index contributed by atoms with van der Waals surface area (Å²) in [7, 11) is 1.86. The highest BCUT2D eigenvalue weighted by molar-refractivity contribution is 9.10. The van der Waals surface area contributed by atoms with Gasteiger partial charge in [0, 0.05) is 29.8 Å². The van der Waals surface area contributed by atoms with Gasteiger partial charge in [0.2, 0.25) is 0 Å². The van der Waals surface area contributed by atoms with Crippen molar-refractivity contribution in [2.45, 2.75) is 13.5 Å². The zero-order valence-electron chi connectivity index (χ0n) is 10.6. The van der Waals surface area contributed by atoms with Crippen molar-refractivity contribution in [3.05, 3.63) is 45.7 Å². The quantitative estimate of drug-likeness (QED) is 0.907. The summed E-state index contributed by atoms with van der Waals surface area (Å²) < 4.78 is 2.58. The number of halogens is 1. The van der Waals surface area contributed by atoms with Gasteiger partial charge >= 0.3 is 5.97 Å². The number of hydrogen-bond acceptors (Lipinski definition) is 3. The topological polar surface area (TPSA) is 67.2 Å². The van der Waals surface area contributed by atoms with Crippen LogP contribution in [0.3, 0.4) is 0 Å². The Balaban J connectivity index is 2.21. The molecule has 0 saturated heterocycles. The molecule has 100 valence electrons. The van der Waals surface area contributed by atoms with Gasteiger partial charge in [0.05, 0.1) is 16.9 Å². The number of aromatic nitrogens is 2. The van der Waals surface area contributed by atoms with Gasteiger partial charge in [0.15, 0.2) is 0 Å². The molecule has 0 aliphatic rings. The summed E-state index contributed by atoms with van der Waals surface area (Å²) in [6, 6.07) is 5.05. The standard InChI is InChI=1S/C13H14BrN3O2/c1-8-9(7-17(2)16-8)6-15-12-5-10(14)3-4-11(12)13(18)19/h3-5,7,15H,6H2,1-2H3,(H,18,19). The van der Waals surface area contributed by atoms with Crippen LogP contribution in [0.15, 0.2) is 28.9 Å². The maximum absolute atomic E-state index is 11.1. The number of nitrogens with zero attached hydrogens (tertiary/aromatic N) is 2. The molecule has 6 heteroatoms. The number of carbonyl (C=O) groups is 1. The summed E-state index contributed by atoms with van der Waals surface area (Å²) >= 11 is 3.34. The lowest BCUT2D eigenvalue weighted by Crippen LogP contribution is -2.06. The van der Waals surface area contributed by atoms with E-state index < -0.39 is 5.97 Å². The van der Waals surface area contributed by atoms with E-state index in [1.54, 1.807) is 22.9 Å². The van der Waals surface area contributed by atoms with Crippen LogP contribution in [0.1, 0.15) is 21.6 Å². The third kappa shape index (κ3) is 3.14. The third-order valence-corrected chi connectivity index (χ3v) is 3.29. The van der Waals surface area contributed by atoms with Crippen LogP contribution in [-0.2, 0) is 13.6 Å². The zero-order chi connectivity index (χ0) is 14.0. The van der Waals surface area contributed by atoms with Crippen molar-refractivity contribution < 1.29 is 9.90 Å². The first-order chi connectivity index (χ1) is 8.97. The Labute approximate surface area is 119 Å². The molecule has 5 nitrogen and oxygen atoms in total. The summed E-state index contributed by atoms with van der Waals surface area (Å²) in [6.45, 7) is 2.46. The summed E-state index contributed by atoms with van der Waals surface area (Å²) in [5, 5.41) is 16.5. The molecule has 2 N–H and O–H groups in total. The number of rotatable bonds is 4. The van der Waals surface area contributed by atoms with Crippen molar-refractivity contribution in [2.24, 2.45) is 7.05 Å². The molecule has 0 bridgehead atoms. The van der Waals surface area contributed by atoms with Gasteiger partial charge in [-0.2, -0.15) is 5.10 Å². The van der Waals surface area contributed by atoms with Gasteiger partial charge in [-0.25, -0.2) is 4.79 Å². The van der Waals surface area contributed by atoms with E-state index >= 15 is 0 Å². The van der Waals surface area contributed by atoms with Crippen molar-refractivity contribution in [3.63, 3.8) is 0 Å². The molecule has 0 fully saturated rings. The van der Waals surface area contributed by atoms with Crippen molar-refractivity contribution in [1.82, 2.24) is 9.78 Å². The van der Waals surface area contributed by atoms with Gasteiger partial charge in [0.25, 0.3) is 0 Å². The van der Waals surface area contributed by atoms with Crippen LogP contribution in [0.4, 0.5) is 5.69 Å². The minimum absolute atomic E-state index is 0.254. The van der Waals surface area contributed by atoms with Gasteiger partial charge in [-0.05, 0) is 25.1 Å². The maximum Gasteiger partial charge on any atom is 0.337 e. The first kappa shape index (κ1) is 13.6. The molecule has 0 unspecified atom stereocenters. The van der Waals surface area contributed by atoms with Crippen LogP contribution in [-0.4, -0.2) is 20.9 Å². The van der Waals surface area contributed by atoms with Crippen molar-refractivity contribution in [1.29, 1.82) is 0 Å². The number of aromatic carboxylic acids is 1. The van der Waals surface area contributed by atoms with E-state index in [1.165, 1.54) is 0 Å². The van der Waals surface area contributed by atoms with Gasteiger partial charge in [-0.1, -0.05) is 15.9 Å². The number of carboxylic acid groups (broad SMARTS) is 1. The second kappa shape index (κ2) is 5.44. The third-order valence-electron chi connectivity index (χ3n) is 2.80. The number of nitrogens with one attached hydrogen (secondary N) is 1. The van der Waals surface area contributed by atoms with E-state index in [9.17, 15) is 4.79 Å². The Morgan fingerprint density at radius 3 is 2.84 bits per heavy atom. The first-order valence-corrected chi connectivity index (χ1v) is 6.52. The molecule has 1 aromatic heterocycles. The zero-order valence-corrected chi connectivity index (χ0v) is 12.2. The fourth-order valence-electron chi connectivity index (χ4n) is 1.86. The number of anilines is 1. The number of hydrogen-bond donors (Lipinski definition) is 2. The lowest BCUT2D eigenvalue weighted by molar-refractivity contribution is 0.0698. The van der Waals surface area contributed by atoms with Crippen LogP contribution < -0.4 is 5.32 Å². The molecule has 0 spiro atoms. The summed E-state index contributed by atoms with van der Waals surface area (Å²) in [6.07, 6.45) is 1.92. The molecule has 0 amide bonds. The van der Waals surface area contributed by atoms with Crippen LogP contribution in [0, 0.1) is 6.92 Å². The molecule has 1 aromatic carbocycles. The second-order valence-corrected chi connectivity index (χ2v) is 5.18. The van der Waals surface area contributed by atoms with Crippen LogP contribution in [0.2, 0.25) is 0 Å². The molecule has 0 atom stereocenters. The second-order valence-electron chi connectivity index (χ2n) is 4.26. The normalized spacial score (nSPS) is 10.5. The van der Waals surface area contributed by atoms with E-state index in [4.69, 9.17) is 5.11 Å². The highest BCUT2D eigenvalue weighted by Crippen LogP contribution is 2.22. The molecule has 2 aromatic rings. The fraction of sp³-hybridized carbons (Fsp3) is 0.231. The molecule has 0 radical (unpaired) electrons. The number of benzene rings is 1. The minimum atomic E-state index is -0.946. The Hall–Kier alpha value is -1.82. The average molecular weight is 324 g/mol. The van der Waals surface area contributed by atoms with Crippen LogP contribution in [0.25, 0.3) is 0 Å². The molecule has 2 rings (SSSR count). The number of aryl methyl sites for hydroxylation is 2. The Bertz CT molecular complexity index is 622. The van der Waals surface area contributed by atoms with Crippen molar-refractivity contribution >= 4 is 27.6 Å².